The van der Waals surface area contributed by atoms with Gasteiger partial charge in [-0.15, -0.1) is 0 Å². The summed E-state index contributed by atoms with van der Waals surface area (Å²) in [5.74, 6) is -2.68. The molecule has 30 heavy (non-hydrogen) atoms. The van der Waals surface area contributed by atoms with E-state index in [1.807, 2.05) is 11.0 Å². The van der Waals surface area contributed by atoms with E-state index < -0.39 is 36.6 Å². The van der Waals surface area contributed by atoms with Gasteiger partial charge in [0.2, 0.25) is 0 Å². The molecule has 0 aromatic heterocycles. The predicted octanol–water partition coefficient (Wildman–Crippen LogP) is 2.88. The first kappa shape index (κ1) is 21.4. The van der Waals surface area contributed by atoms with E-state index in [0.717, 1.165) is 16.5 Å². The molecule has 0 spiro atoms. The number of hydrogen-bond donors (Lipinski definition) is 1. The van der Waals surface area contributed by atoms with Gasteiger partial charge in [0.15, 0.2) is 0 Å². The molecular weight excluding hydrogens is 408 g/mol. The molecule has 2 heterocycles. The second-order valence-electron chi connectivity index (χ2n) is 6.88. The fourth-order valence-corrected chi connectivity index (χ4v) is 3.34. The molecular formula is C19H18F4N4O3. The molecule has 2 fully saturated rings. The van der Waals surface area contributed by atoms with E-state index in [-0.39, 0.29) is 12.2 Å². The maximum atomic E-state index is 14.7. The Morgan fingerprint density at radius 1 is 1.33 bits per heavy atom. The molecule has 0 bridgehead atoms. The van der Waals surface area contributed by atoms with Crippen molar-refractivity contribution in [1.29, 1.82) is 5.26 Å². The second kappa shape index (κ2) is 8.61. The molecule has 7 nitrogen and oxygen atoms in total. The van der Waals surface area contributed by atoms with Gasteiger partial charge in [0.1, 0.15) is 11.9 Å². The topological polar surface area (TPSA) is 85.7 Å². The number of anilines is 2. The van der Waals surface area contributed by atoms with Crippen molar-refractivity contribution in [2.45, 2.75) is 25.1 Å². The van der Waals surface area contributed by atoms with Crippen molar-refractivity contribution in [2.24, 2.45) is 0 Å². The van der Waals surface area contributed by atoms with Gasteiger partial charge in [-0.05, 0) is 31.0 Å². The number of piperidine rings is 1. The molecule has 0 saturated carbocycles. The molecule has 3 rings (SSSR count). The molecule has 2 aliphatic heterocycles. The maximum absolute atomic E-state index is 14.7. The third-order valence-electron chi connectivity index (χ3n) is 4.88. The number of cyclic esters (lactones) is 1. The molecule has 2 saturated heterocycles. The Labute approximate surface area is 169 Å². The van der Waals surface area contributed by atoms with Crippen LogP contribution in [0.3, 0.4) is 0 Å². The number of amides is 2. The smallest absolute Gasteiger partial charge is 0.442 e. The van der Waals surface area contributed by atoms with Crippen molar-refractivity contribution in [3.05, 3.63) is 35.7 Å². The van der Waals surface area contributed by atoms with E-state index in [1.54, 1.807) is 5.32 Å². The quantitative estimate of drug-likeness (QED) is 0.591. The first-order chi connectivity index (χ1) is 14.2. The Morgan fingerprint density at radius 2 is 2.03 bits per heavy atom. The van der Waals surface area contributed by atoms with E-state index in [0.29, 0.717) is 31.6 Å². The highest BCUT2D eigenvalue weighted by atomic mass is 19.4. The number of carbonyl (C=O) groups is 2. The molecule has 160 valence electrons. The van der Waals surface area contributed by atoms with Crippen LogP contribution in [0.4, 0.5) is 33.7 Å². The molecule has 1 aromatic rings. The summed E-state index contributed by atoms with van der Waals surface area (Å²) in [5.41, 5.74) is 1.57. The molecule has 1 atom stereocenters. The molecule has 0 aliphatic carbocycles. The van der Waals surface area contributed by atoms with Gasteiger partial charge in [0.05, 0.1) is 30.5 Å². The van der Waals surface area contributed by atoms with E-state index in [4.69, 9.17) is 10.00 Å². The normalized spacial score (nSPS) is 19.4. The summed E-state index contributed by atoms with van der Waals surface area (Å²) in [6.45, 7) is 0.474. The zero-order valence-electron chi connectivity index (χ0n) is 15.7. The lowest BCUT2D eigenvalue weighted by molar-refractivity contribution is -0.173. The Balaban J connectivity index is 1.62. The fourth-order valence-electron chi connectivity index (χ4n) is 3.34. The molecule has 0 radical (unpaired) electrons. The van der Waals surface area contributed by atoms with Gasteiger partial charge in [-0.3, -0.25) is 9.69 Å². The third kappa shape index (κ3) is 4.82. The zero-order valence-corrected chi connectivity index (χ0v) is 15.7. The number of benzene rings is 1. The number of hydrogen-bond acceptors (Lipinski definition) is 5. The largest absolute Gasteiger partial charge is 0.471 e. The molecule has 1 aromatic carbocycles. The Kier molecular flexibility index (Phi) is 6.14. The van der Waals surface area contributed by atoms with Crippen LogP contribution >= 0.6 is 0 Å². The van der Waals surface area contributed by atoms with Crippen molar-refractivity contribution < 1.29 is 31.9 Å². The Morgan fingerprint density at radius 3 is 2.63 bits per heavy atom. The Bertz CT molecular complexity index is 900. The number of alkyl halides is 3. The van der Waals surface area contributed by atoms with Gasteiger partial charge in [-0.2, -0.15) is 18.4 Å². The monoisotopic (exact) mass is 426 g/mol. The molecule has 2 aliphatic rings. The second-order valence-corrected chi connectivity index (χ2v) is 6.88. The van der Waals surface area contributed by atoms with Gasteiger partial charge in [0, 0.05) is 19.2 Å². The van der Waals surface area contributed by atoms with Crippen LogP contribution in [-0.4, -0.2) is 50.5 Å². The number of rotatable bonds is 4. The van der Waals surface area contributed by atoms with Crippen molar-refractivity contribution in [2.75, 3.05) is 36.0 Å². The van der Waals surface area contributed by atoms with Gasteiger partial charge < -0.3 is 15.0 Å². The minimum absolute atomic E-state index is 0.123. The van der Waals surface area contributed by atoms with Crippen LogP contribution < -0.4 is 15.1 Å². The predicted molar refractivity (Wildman–Crippen MR) is 98.2 cm³/mol. The highest BCUT2D eigenvalue weighted by Crippen LogP contribution is 2.30. The minimum atomic E-state index is -5.03. The molecule has 11 heteroatoms. The van der Waals surface area contributed by atoms with Crippen LogP contribution in [-0.2, 0) is 9.53 Å². The number of allylic oxidation sites excluding steroid dienone is 1. The summed E-state index contributed by atoms with van der Waals surface area (Å²) in [6.07, 6.45) is -4.04. The average molecular weight is 426 g/mol. The molecule has 0 unspecified atom stereocenters. The first-order valence-electron chi connectivity index (χ1n) is 9.14. The van der Waals surface area contributed by atoms with E-state index >= 15 is 0 Å². The molecule has 2 amide bonds. The molecule has 1 N–H and O–H groups in total. The van der Waals surface area contributed by atoms with Crippen molar-refractivity contribution in [3.63, 3.8) is 0 Å². The average Bonchev–Trinajstić information content (AvgIpc) is 3.07. The summed E-state index contributed by atoms with van der Waals surface area (Å²) in [7, 11) is 0. The van der Waals surface area contributed by atoms with Crippen molar-refractivity contribution in [3.8, 4) is 6.07 Å². The van der Waals surface area contributed by atoms with Crippen molar-refractivity contribution in [1.82, 2.24) is 5.32 Å². The maximum Gasteiger partial charge on any atom is 0.471 e. The van der Waals surface area contributed by atoms with Crippen LogP contribution in [0.25, 0.3) is 0 Å². The summed E-state index contributed by atoms with van der Waals surface area (Å²) in [6, 6.07) is 6.20. The van der Waals surface area contributed by atoms with Gasteiger partial charge >= 0.3 is 18.2 Å². The van der Waals surface area contributed by atoms with E-state index in [2.05, 4.69) is 0 Å². The number of nitrogens with one attached hydrogen (secondary N) is 1. The summed E-state index contributed by atoms with van der Waals surface area (Å²) in [4.78, 5) is 25.8. The van der Waals surface area contributed by atoms with Crippen LogP contribution in [0.2, 0.25) is 0 Å². The number of ether oxygens (including phenoxy) is 1. The van der Waals surface area contributed by atoms with E-state index in [1.165, 1.54) is 18.2 Å². The van der Waals surface area contributed by atoms with Crippen LogP contribution in [0.1, 0.15) is 12.8 Å². The number of carbonyl (C=O) groups excluding carboxylic acids is 2. The van der Waals surface area contributed by atoms with Crippen LogP contribution in [0.5, 0.6) is 0 Å². The lowest BCUT2D eigenvalue weighted by Gasteiger charge is -2.30. The van der Waals surface area contributed by atoms with Crippen molar-refractivity contribution >= 4 is 23.4 Å². The van der Waals surface area contributed by atoms with Crippen LogP contribution in [0.15, 0.2) is 29.8 Å². The minimum Gasteiger partial charge on any atom is -0.442 e. The SMILES string of the molecule is N#CC=C1CCN(c2ccc(N3C[C@H](CNC(=O)C(F)(F)F)OC3=O)cc2F)CC1. The highest BCUT2D eigenvalue weighted by molar-refractivity contribution is 5.90. The number of nitriles is 1. The third-order valence-corrected chi connectivity index (χ3v) is 4.88. The first-order valence-corrected chi connectivity index (χ1v) is 9.14. The van der Waals surface area contributed by atoms with Gasteiger partial charge in [0.25, 0.3) is 0 Å². The summed E-state index contributed by atoms with van der Waals surface area (Å²) >= 11 is 0. The summed E-state index contributed by atoms with van der Waals surface area (Å²) < 4.78 is 56.4. The number of nitrogens with zero attached hydrogens (tertiary/aromatic N) is 3. The van der Waals surface area contributed by atoms with E-state index in [9.17, 15) is 27.2 Å². The Hall–Kier alpha value is -3.29. The van der Waals surface area contributed by atoms with Gasteiger partial charge in [-0.1, -0.05) is 5.57 Å². The highest BCUT2D eigenvalue weighted by Gasteiger charge is 2.40. The zero-order chi connectivity index (χ0) is 21.9. The fraction of sp³-hybridized carbons (Fsp3) is 0.421. The van der Waals surface area contributed by atoms with Gasteiger partial charge in [-0.25, -0.2) is 9.18 Å². The number of halogens is 4. The van der Waals surface area contributed by atoms with Crippen LogP contribution in [0, 0.1) is 17.1 Å². The standard InChI is InChI=1S/C19H18F4N4O3/c20-15-9-13(1-2-16(15)26-7-4-12(3-6-24)5-8-26)27-11-14(30-18(27)29)10-25-17(28)19(21,22)23/h1-3,9,14H,4-5,7-8,10-11H2,(H,25,28)/t14-/m0/s1. The lowest BCUT2D eigenvalue weighted by Crippen LogP contribution is -2.41. The lowest BCUT2D eigenvalue weighted by atomic mass is 10.0. The summed E-state index contributed by atoms with van der Waals surface area (Å²) in [5, 5.41) is 10.4.